The number of nitrogen functional groups attached to an aromatic ring is 6. The van der Waals surface area contributed by atoms with E-state index in [1.807, 2.05) is 0 Å². The fourth-order valence-electron chi connectivity index (χ4n) is 3.17. The summed E-state index contributed by atoms with van der Waals surface area (Å²) in [4.78, 5) is 63.4. The average Bonchev–Trinajstić information content (AvgIpc) is 2.82. The summed E-state index contributed by atoms with van der Waals surface area (Å²) in [6, 6.07) is 6.35. The van der Waals surface area contributed by atoms with Crippen LogP contribution in [0.15, 0.2) is 36.4 Å². The van der Waals surface area contributed by atoms with Crippen LogP contribution in [0.4, 0.5) is 34.1 Å². The number of benzene rings is 3. The first-order valence-electron chi connectivity index (χ1n) is 10.8. The monoisotopic (exact) mass is 692 g/mol. The molecule has 0 saturated carbocycles. The zero-order valence-electron chi connectivity index (χ0n) is 21.9. The molecule has 44 heavy (non-hydrogen) atoms. The van der Waals surface area contributed by atoms with E-state index in [9.17, 15) is 28.8 Å². The van der Waals surface area contributed by atoms with Crippen LogP contribution in [0.1, 0.15) is 62.1 Å². The summed E-state index contributed by atoms with van der Waals surface area (Å²) in [6.45, 7) is 0. The molecule has 3 rings (SSSR count). The molecule has 0 radical (unpaired) electrons. The zero-order chi connectivity index (χ0) is 32.6. The fraction of sp³-hybridized carbons (Fsp3) is 0. The Balaban J connectivity index is 0. The normalized spacial score (nSPS) is 9.27. The average molecular weight is 692 g/mol. The van der Waals surface area contributed by atoms with Crippen molar-refractivity contribution in [2.75, 3.05) is 34.4 Å². The number of carboxylic acid groups (broad SMARTS) is 6. The van der Waals surface area contributed by atoms with Gasteiger partial charge in [-0.1, -0.05) is 0 Å². The second-order valence-corrected chi connectivity index (χ2v) is 7.92. The van der Waals surface area contributed by atoms with Gasteiger partial charge in [0.15, 0.2) is 0 Å². The van der Waals surface area contributed by atoms with Crippen LogP contribution in [0.2, 0.25) is 0 Å². The van der Waals surface area contributed by atoms with Crippen molar-refractivity contribution in [2.45, 2.75) is 0 Å². The van der Waals surface area contributed by atoms with E-state index in [-0.39, 0.29) is 102 Å². The van der Waals surface area contributed by atoms with Crippen LogP contribution in [-0.2, 0) is 34.7 Å². The molecule has 0 aliphatic heterocycles. The summed E-state index contributed by atoms with van der Waals surface area (Å²) in [6.07, 6.45) is 0. The van der Waals surface area contributed by atoms with Crippen molar-refractivity contribution in [1.82, 2.24) is 0 Å². The van der Waals surface area contributed by atoms with Gasteiger partial charge in [0.1, 0.15) is 16.7 Å². The third-order valence-electron chi connectivity index (χ3n) is 4.98. The Morgan fingerprint density at radius 2 is 0.477 bits per heavy atom. The number of anilines is 6. The first-order valence-corrected chi connectivity index (χ1v) is 10.8. The van der Waals surface area contributed by atoms with E-state index in [2.05, 4.69) is 0 Å². The van der Waals surface area contributed by atoms with Crippen LogP contribution in [0.25, 0.3) is 0 Å². The first-order chi connectivity index (χ1) is 19.3. The topological polar surface area (TPSA) is 380 Å². The summed E-state index contributed by atoms with van der Waals surface area (Å²) in [5.41, 5.74) is 29.9. The van der Waals surface area contributed by atoms with E-state index in [0.29, 0.717) is 0 Å². The Kier molecular flexibility index (Phi) is 15.4. The number of hydrogen-bond acceptors (Lipinski definition) is 12. The molecule has 18 nitrogen and oxygen atoms in total. The van der Waals surface area contributed by atoms with E-state index in [0.717, 1.165) is 36.4 Å². The number of rotatable bonds is 6. The predicted octanol–water partition coefficient (Wildman–Crippen LogP) is 0.737. The molecule has 0 unspecified atom stereocenters. The van der Waals surface area contributed by atoms with Crippen molar-refractivity contribution >= 4 is 69.9 Å². The molecule has 0 aliphatic carbocycles. The Hall–Kier alpha value is -5.66. The molecule has 3 aromatic carbocycles. The van der Waals surface area contributed by atoms with Crippen LogP contribution >= 0.6 is 0 Å². The van der Waals surface area contributed by atoms with Crippen molar-refractivity contribution in [3.05, 3.63) is 69.8 Å². The maximum Gasteiger partial charge on any atom is 0.339 e. The van der Waals surface area contributed by atoms with Gasteiger partial charge >= 0.3 is 35.8 Å². The third-order valence-corrected chi connectivity index (χ3v) is 4.98. The van der Waals surface area contributed by atoms with Gasteiger partial charge in [-0.05, 0) is 36.4 Å². The fourth-order valence-corrected chi connectivity index (χ4v) is 3.17. The van der Waals surface area contributed by atoms with Crippen LogP contribution in [0.3, 0.4) is 0 Å². The molecule has 18 N–H and O–H groups in total. The molecule has 0 aromatic heterocycles. The largest absolute Gasteiger partial charge is 0.478 e. The van der Waals surface area contributed by atoms with Crippen LogP contribution in [0.5, 0.6) is 0 Å². The number of hydrogen-bond donors (Lipinski definition) is 12. The van der Waals surface area contributed by atoms with Crippen molar-refractivity contribution in [3.8, 4) is 0 Å². The van der Waals surface area contributed by atoms with E-state index in [1.165, 1.54) is 0 Å². The van der Waals surface area contributed by atoms with Gasteiger partial charge in [0.25, 0.3) is 0 Å². The van der Waals surface area contributed by atoms with Crippen LogP contribution in [0, 0.1) is 0 Å². The summed E-state index contributed by atoms with van der Waals surface area (Å²) < 4.78 is 0. The van der Waals surface area contributed by atoms with Crippen LogP contribution < -0.4 is 34.4 Å². The smallest absolute Gasteiger partial charge is 0.339 e. The van der Waals surface area contributed by atoms with Crippen molar-refractivity contribution < 1.29 is 94.1 Å². The molecular formula is C24H24Cr2N6O12. The Bertz CT molecular complexity index is 1370. The minimum Gasteiger partial charge on any atom is -0.478 e. The Morgan fingerprint density at radius 1 is 0.341 bits per heavy atom. The van der Waals surface area contributed by atoms with E-state index < -0.39 is 35.8 Å². The van der Waals surface area contributed by atoms with Gasteiger partial charge in [-0.25, -0.2) is 28.8 Å². The molecule has 20 heteroatoms. The predicted molar refractivity (Wildman–Crippen MR) is 148 cm³/mol. The molecule has 0 bridgehead atoms. The Labute approximate surface area is 267 Å². The van der Waals surface area contributed by atoms with Crippen molar-refractivity contribution in [3.63, 3.8) is 0 Å². The molecule has 0 amide bonds. The molecule has 0 saturated heterocycles. The number of aromatic carboxylic acids is 6. The third kappa shape index (κ3) is 10.3. The van der Waals surface area contributed by atoms with Gasteiger partial charge in [-0.2, -0.15) is 0 Å². The SMILES string of the molecule is Nc1cc(C(=O)O)cc(N)c1C(=O)O.Nc1cc(C(=O)O)cc(N)c1C(=O)O.Nc1cc(C(=O)O)cc(N)c1C(=O)O.[Cr].[Cr]. The van der Waals surface area contributed by atoms with E-state index in [4.69, 9.17) is 65.0 Å². The van der Waals surface area contributed by atoms with Gasteiger partial charge in [0.2, 0.25) is 0 Å². The summed E-state index contributed by atoms with van der Waals surface area (Å²) in [5.74, 6) is -7.47. The molecule has 234 valence electrons. The number of carbonyl (C=O) groups is 6. The molecule has 3 aromatic rings. The maximum absolute atomic E-state index is 10.6. The first kappa shape index (κ1) is 40.5. The van der Waals surface area contributed by atoms with Gasteiger partial charge in [-0.3, -0.25) is 0 Å². The van der Waals surface area contributed by atoms with Gasteiger partial charge in [0.05, 0.1) is 16.7 Å². The van der Waals surface area contributed by atoms with Crippen LogP contribution in [-0.4, -0.2) is 66.5 Å². The molecule has 0 spiro atoms. The number of carboxylic acids is 6. The van der Waals surface area contributed by atoms with Crippen molar-refractivity contribution in [1.29, 1.82) is 0 Å². The second-order valence-electron chi connectivity index (χ2n) is 7.92. The quantitative estimate of drug-likeness (QED) is 0.158. The second kappa shape index (κ2) is 16.7. The minimum atomic E-state index is -1.28. The molecule has 0 fully saturated rings. The van der Waals surface area contributed by atoms with Gasteiger partial charge in [-0.15, -0.1) is 0 Å². The molecule has 0 heterocycles. The summed E-state index contributed by atoms with van der Waals surface area (Å²) in [7, 11) is 0. The summed E-state index contributed by atoms with van der Waals surface area (Å²) in [5, 5.41) is 51.8. The zero-order valence-corrected chi connectivity index (χ0v) is 24.4. The molecule has 0 atom stereocenters. The minimum absolute atomic E-state index is 0. The van der Waals surface area contributed by atoms with Gasteiger partial charge in [0, 0.05) is 68.8 Å². The van der Waals surface area contributed by atoms with Crippen molar-refractivity contribution in [2.24, 2.45) is 0 Å². The van der Waals surface area contributed by atoms with Gasteiger partial charge < -0.3 is 65.0 Å². The molecule has 0 aliphatic rings. The van der Waals surface area contributed by atoms with E-state index >= 15 is 0 Å². The Morgan fingerprint density at radius 3 is 0.568 bits per heavy atom. The number of nitrogens with two attached hydrogens (primary N) is 6. The molecular weight excluding hydrogens is 668 g/mol. The van der Waals surface area contributed by atoms with E-state index in [1.54, 1.807) is 0 Å². The standard InChI is InChI=1S/3C8H8N2O4.2Cr/c3*9-4-1-3(7(11)12)2-5(10)6(4)8(13)14;;/h3*1-2H,9-10H2,(H,11,12)(H,13,14);;. The summed E-state index contributed by atoms with van der Waals surface area (Å²) >= 11 is 0. The maximum atomic E-state index is 10.6.